The van der Waals surface area contributed by atoms with Crippen molar-refractivity contribution in [2.45, 2.75) is 66.3 Å². The fraction of sp³-hybridized carbons (Fsp3) is 0.941. The van der Waals surface area contributed by atoms with Crippen molar-refractivity contribution >= 4 is 5.91 Å². The minimum Gasteiger partial charge on any atom is -0.342 e. The molecule has 0 aliphatic carbocycles. The van der Waals surface area contributed by atoms with Crippen molar-refractivity contribution in [2.24, 2.45) is 17.8 Å². The van der Waals surface area contributed by atoms with Crippen molar-refractivity contribution in [3.63, 3.8) is 0 Å². The van der Waals surface area contributed by atoms with Gasteiger partial charge in [-0.05, 0) is 51.0 Å². The normalized spacial score (nSPS) is 23.4. The molecule has 0 spiro atoms. The minimum atomic E-state index is 0.183. The van der Waals surface area contributed by atoms with Gasteiger partial charge in [0.15, 0.2) is 0 Å². The zero-order chi connectivity index (χ0) is 15.1. The third-order valence-corrected chi connectivity index (χ3v) is 4.34. The van der Waals surface area contributed by atoms with E-state index in [0.29, 0.717) is 23.8 Å². The van der Waals surface area contributed by atoms with E-state index >= 15 is 0 Å². The van der Waals surface area contributed by atoms with E-state index in [9.17, 15) is 4.79 Å². The van der Waals surface area contributed by atoms with E-state index < -0.39 is 0 Å². The number of nitrogens with one attached hydrogen (secondary N) is 1. The standard InChI is InChI=1S/C17H34N2O/c1-13(2)8-11-19(12-9-14(3)4)17(20)16-7-6-10-18-15(16)5/h13-16,18H,6-12H2,1-5H3. The molecule has 3 nitrogen and oxygen atoms in total. The lowest BCUT2D eigenvalue weighted by Crippen LogP contribution is -2.48. The van der Waals surface area contributed by atoms with Crippen LogP contribution in [-0.2, 0) is 4.79 Å². The lowest BCUT2D eigenvalue weighted by atomic mass is 9.90. The van der Waals surface area contributed by atoms with Gasteiger partial charge in [0.2, 0.25) is 5.91 Å². The third-order valence-electron chi connectivity index (χ3n) is 4.34. The number of nitrogens with zero attached hydrogens (tertiary/aromatic N) is 1. The second kappa shape index (κ2) is 8.66. The summed E-state index contributed by atoms with van der Waals surface area (Å²) in [6.45, 7) is 14.0. The molecule has 118 valence electrons. The molecule has 0 aromatic rings. The molecule has 1 aliphatic rings. The van der Waals surface area contributed by atoms with Gasteiger partial charge < -0.3 is 10.2 Å². The molecular weight excluding hydrogens is 248 g/mol. The van der Waals surface area contributed by atoms with Crippen LogP contribution >= 0.6 is 0 Å². The molecular formula is C17H34N2O. The van der Waals surface area contributed by atoms with Crippen LogP contribution in [0.2, 0.25) is 0 Å². The van der Waals surface area contributed by atoms with Crippen LogP contribution in [0, 0.1) is 17.8 Å². The van der Waals surface area contributed by atoms with Gasteiger partial charge in [0.25, 0.3) is 0 Å². The lowest BCUT2D eigenvalue weighted by Gasteiger charge is -2.34. The quantitative estimate of drug-likeness (QED) is 0.777. The SMILES string of the molecule is CC(C)CCN(CCC(C)C)C(=O)C1CCCNC1C. The first-order valence-electron chi connectivity index (χ1n) is 8.44. The van der Waals surface area contributed by atoms with E-state index in [1.165, 1.54) is 0 Å². The van der Waals surface area contributed by atoms with E-state index in [-0.39, 0.29) is 5.92 Å². The van der Waals surface area contributed by atoms with Crippen LogP contribution in [0.25, 0.3) is 0 Å². The highest BCUT2D eigenvalue weighted by molar-refractivity contribution is 5.79. The Hall–Kier alpha value is -0.570. The highest BCUT2D eigenvalue weighted by Gasteiger charge is 2.30. The Kier molecular flexibility index (Phi) is 7.57. The summed E-state index contributed by atoms with van der Waals surface area (Å²) in [7, 11) is 0. The fourth-order valence-electron chi connectivity index (χ4n) is 2.78. The molecule has 0 bridgehead atoms. The summed E-state index contributed by atoms with van der Waals surface area (Å²) < 4.78 is 0. The molecule has 1 heterocycles. The second-order valence-electron chi connectivity index (χ2n) is 7.18. The predicted octanol–water partition coefficient (Wildman–Crippen LogP) is 3.30. The molecule has 1 saturated heterocycles. The first-order valence-corrected chi connectivity index (χ1v) is 8.44. The molecule has 2 unspecified atom stereocenters. The first-order chi connectivity index (χ1) is 9.41. The average molecular weight is 282 g/mol. The fourth-order valence-corrected chi connectivity index (χ4v) is 2.78. The Bertz CT molecular complexity index is 277. The Morgan fingerprint density at radius 1 is 1.15 bits per heavy atom. The molecule has 0 radical (unpaired) electrons. The average Bonchev–Trinajstić information content (AvgIpc) is 2.38. The van der Waals surface area contributed by atoms with Crippen LogP contribution in [0.15, 0.2) is 0 Å². The summed E-state index contributed by atoms with van der Waals surface area (Å²) in [4.78, 5) is 15.0. The summed E-state index contributed by atoms with van der Waals surface area (Å²) in [5.74, 6) is 1.88. The molecule has 0 saturated carbocycles. The van der Waals surface area contributed by atoms with Crippen LogP contribution in [-0.4, -0.2) is 36.5 Å². The maximum Gasteiger partial charge on any atom is 0.227 e. The Labute approximate surface area is 125 Å². The Balaban J connectivity index is 2.61. The van der Waals surface area contributed by atoms with E-state index in [0.717, 1.165) is 45.3 Å². The van der Waals surface area contributed by atoms with Crippen LogP contribution in [0.1, 0.15) is 60.3 Å². The zero-order valence-corrected chi connectivity index (χ0v) is 14.1. The molecule has 1 aliphatic heterocycles. The predicted molar refractivity (Wildman–Crippen MR) is 85.7 cm³/mol. The summed E-state index contributed by atoms with van der Waals surface area (Å²) in [6.07, 6.45) is 4.40. The first kappa shape index (κ1) is 17.5. The van der Waals surface area contributed by atoms with Crippen molar-refractivity contribution in [1.82, 2.24) is 10.2 Å². The van der Waals surface area contributed by atoms with Gasteiger partial charge >= 0.3 is 0 Å². The number of piperidine rings is 1. The largest absolute Gasteiger partial charge is 0.342 e. The van der Waals surface area contributed by atoms with Gasteiger partial charge in [-0.1, -0.05) is 27.7 Å². The van der Waals surface area contributed by atoms with Gasteiger partial charge in [0.1, 0.15) is 0 Å². The molecule has 1 N–H and O–H groups in total. The lowest BCUT2D eigenvalue weighted by molar-refractivity contribution is -0.137. The topological polar surface area (TPSA) is 32.3 Å². The van der Waals surface area contributed by atoms with Gasteiger partial charge in [-0.2, -0.15) is 0 Å². The van der Waals surface area contributed by atoms with Crippen molar-refractivity contribution < 1.29 is 4.79 Å². The molecule has 2 atom stereocenters. The zero-order valence-electron chi connectivity index (χ0n) is 14.1. The molecule has 0 aromatic heterocycles. The van der Waals surface area contributed by atoms with Gasteiger partial charge in [0.05, 0.1) is 5.92 Å². The second-order valence-corrected chi connectivity index (χ2v) is 7.18. The third kappa shape index (κ3) is 5.82. The van der Waals surface area contributed by atoms with Crippen molar-refractivity contribution in [1.29, 1.82) is 0 Å². The Morgan fingerprint density at radius 2 is 1.70 bits per heavy atom. The van der Waals surface area contributed by atoms with Gasteiger partial charge in [-0.15, -0.1) is 0 Å². The van der Waals surface area contributed by atoms with Crippen LogP contribution in [0.3, 0.4) is 0 Å². The number of hydrogen-bond donors (Lipinski definition) is 1. The molecule has 20 heavy (non-hydrogen) atoms. The van der Waals surface area contributed by atoms with Crippen molar-refractivity contribution in [3.05, 3.63) is 0 Å². The van der Waals surface area contributed by atoms with E-state index in [4.69, 9.17) is 0 Å². The number of carbonyl (C=O) groups is 1. The van der Waals surface area contributed by atoms with E-state index in [2.05, 4.69) is 44.8 Å². The summed E-state index contributed by atoms with van der Waals surface area (Å²) >= 11 is 0. The van der Waals surface area contributed by atoms with Crippen molar-refractivity contribution in [3.8, 4) is 0 Å². The molecule has 1 rings (SSSR count). The number of amides is 1. The molecule has 0 aromatic carbocycles. The van der Waals surface area contributed by atoms with Crippen LogP contribution in [0.4, 0.5) is 0 Å². The van der Waals surface area contributed by atoms with Gasteiger partial charge in [-0.3, -0.25) is 4.79 Å². The maximum atomic E-state index is 12.8. The van der Waals surface area contributed by atoms with E-state index in [1.807, 2.05) is 0 Å². The number of rotatable bonds is 7. The summed E-state index contributed by atoms with van der Waals surface area (Å²) in [5, 5.41) is 3.45. The van der Waals surface area contributed by atoms with Crippen LogP contribution < -0.4 is 5.32 Å². The van der Waals surface area contributed by atoms with Gasteiger partial charge in [-0.25, -0.2) is 0 Å². The summed E-state index contributed by atoms with van der Waals surface area (Å²) in [6, 6.07) is 0.330. The molecule has 1 fully saturated rings. The minimum absolute atomic E-state index is 0.183. The Morgan fingerprint density at radius 3 is 2.15 bits per heavy atom. The monoisotopic (exact) mass is 282 g/mol. The van der Waals surface area contributed by atoms with Crippen molar-refractivity contribution in [2.75, 3.05) is 19.6 Å². The summed E-state index contributed by atoms with van der Waals surface area (Å²) in [5.41, 5.74) is 0. The highest BCUT2D eigenvalue weighted by Crippen LogP contribution is 2.20. The van der Waals surface area contributed by atoms with Crippen LogP contribution in [0.5, 0.6) is 0 Å². The highest BCUT2D eigenvalue weighted by atomic mass is 16.2. The van der Waals surface area contributed by atoms with E-state index in [1.54, 1.807) is 0 Å². The maximum absolute atomic E-state index is 12.8. The number of hydrogen-bond acceptors (Lipinski definition) is 2. The molecule has 1 amide bonds. The molecule has 3 heteroatoms. The van der Waals surface area contributed by atoms with Gasteiger partial charge in [0, 0.05) is 19.1 Å². The smallest absolute Gasteiger partial charge is 0.227 e. The number of carbonyl (C=O) groups excluding carboxylic acids is 1.